The molecule has 58 heavy (non-hydrogen) atoms. The highest BCUT2D eigenvalue weighted by Gasteiger charge is 2.21. The van der Waals surface area contributed by atoms with E-state index in [-0.39, 0.29) is 26.1 Å². The third-order valence-electron chi connectivity index (χ3n) is 9.21. The first-order valence-electron chi connectivity index (χ1n) is 22.6. The third kappa shape index (κ3) is 43.0. The van der Waals surface area contributed by atoms with E-state index in [1.165, 1.54) is 51.4 Å². The highest BCUT2D eigenvalue weighted by Crippen LogP contribution is 2.38. The van der Waals surface area contributed by atoms with E-state index < -0.39 is 32.5 Å². The van der Waals surface area contributed by atoms with Crippen molar-refractivity contribution in [1.82, 2.24) is 0 Å². The number of ether oxygens (including phenoxy) is 2. The molecule has 0 saturated heterocycles. The maximum Gasteiger partial charge on any atom is 0.306 e. The lowest BCUT2D eigenvalue weighted by molar-refractivity contribution is -0.870. The fourth-order valence-electron chi connectivity index (χ4n) is 5.67. The van der Waals surface area contributed by atoms with E-state index >= 15 is 0 Å². The van der Waals surface area contributed by atoms with E-state index in [4.69, 9.17) is 18.5 Å². The van der Waals surface area contributed by atoms with Gasteiger partial charge in [0, 0.05) is 12.8 Å². The van der Waals surface area contributed by atoms with Gasteiger partial charge in [-0.2, -0.15) is 0 Å². The minimum atomic E-state index is -4.64. The van der Waals surface area contributed by atoms with E-state index in [1.807, 2.05) is 21.1 Å². The maximum absolute atomic E-state index is 12.7. The molecule has 0 N–H and O–H groups in total. The molecule has 0 rings (SSSR count). The second-order valence-corrected chi connectivity index (χ2v) is 17.4. The van der Waals surface area contributed by atoms with Gasteiger partial charge in [0.05, 0.1) is 27.7 Å². The molecule has 0 bridgehead atoms. The number of hydrogen-bond donors (Lipinski definition) is 0. The summed E-state index contributed by atoms with van der Waals surface area (Å²) in [6.07, 6.45) is 49.2. The Morgan fingerprint density at radius 2 is 0.983 bits per heavy atom. The van der Waals surface area contributed by atoms with Crippen LogP contribution < -0.4 is 4.89 Å². The van der Waals surface area contributed by atoms with Gasteiger partial charge < -0.3 is 27.9 Å². The number of esters is 2. The second-order valence-electron chi connectivity index (χ2n) is 16.0. The first-order valence-corrected chi connectivity index (χ1v) is 24.1. The molecule has 0 aromatic rings. The molecule has 0 radical (unpaired) electrons. The summed E-state index contributed by atoms with van der Waals surface area (Å²) in [4.78, 5) is 37.6. The summed E-state index contributed by atoms with van der Waals surface area (Å²) in [5.41, 5.74) is 0. The van der Waals surface area contributed by atoms with E-state index in [9.17, 15) is 19.0 Å². The molecule has 0 spiro atoms. The average Bonchev–Trinajstić information content (AvgIpc) is 3.17. The fraction of sp³-hybridized carbons (Fsp3) is 0.708. The van der Waals surface area contributed by atoms with Crippen molar-refractivity contribution in [3.05, 3.63) is 72.9 Å². The van der Waals surface area contributed by atoms with E-state index in [1.54, 1.807) is 0 Å². The number of allylic oxidation sites excluding steroid dienone is 12. The standard InChI is InChI=1S/C48H84NO8P/c1-6-8-10-12-14-16-18-20-22-23-24-25-27-28-30-32-34-36-38-40-47(50)54-44-46(45-56-58(52,53)55-43-42-49(3,4)5)57-48(51)41-39-37-35-33-31-29-26-21-19-17-15-13-11-9-7-2/h8,10,14,16-17,19-20,22,24-25,28,30,46H,6-7,9,11-13,15,18,21,23,26-27,29,31-45H2,1-5H3/b10-8-,16-14-,19-17-,22-20-,25-24-,30-28-/t46-/m1/s1. The monoisotopic (exact) mass is 834 g/mol. The van der Waals surface area contributed by atoms with Crippen LogP contribution in [0.2, 0.25) is 0 Å². The van der Waals surface area contributed by atoms with Crippen molar-refractivity contribution in [3.8, 4) is 0 Å². The number of quaternary nitrogens is 1. The summed E-state index contributed by atoms with van der Waals surface area (Å²) in [6.45, 7) is 4.04. The number of rotatable bonds is 40. The molecule has 9 nitrogen and oxygen atoms in total. The van der Waals surface area contributed by atoms with Gasteiger partial charge in [-0.3, -0.25) is 14.2 Å². The lowest BCUT2D eigenvalue weighted by atomic mass is 10.1. The molecule has 0 heterocycles. The summed E-state index contributed by atoms with van der Waals surface area (Å²) in [5, 5.41) is 0. The highest BCUT2D eigenvalue weighted by molar-refractivity contribution is 7.45. The van der Waals surface area contributed by atoms with Crippen molar-refractivity contribution in [1.29, 1.82) is 0 Å². The van der Waals surface area contributed by atoms with Crippen LogP contribution in [0.15, 0.2) is 72.9 Å². The largest absolute Gasteiger partial charge is 0.756 e. The van der Waals surface area contributed by atoms with Crippen LogP contribution in [0.5, 0.6) is 0 Å². The summed E-state index contributed by atoms with van der Waals surface area (Å²) in [5.74, 6) is -0.883. The van der Waals surface area contributed by atoms with Crippen molar-refractivity contribution >= 4 is 19.8 Å². The minimum Gasteiger partial charge on any atom is -0.756 e. The van der Waals surface area contributed by atoms with E-state index in [0.29, 0.717) is 23.9 Å². The molecule has 0 aliphatic rings. The summed E-state index contributed by atoms with van der Waals surface area (Å²) < 4.78 is 33.9. The van der Waals surface area contributed by atoms with Crippen LogP contribution in [0, 0.1) is 0 Å². The molecule has 0 fully saturated rings. The number of phosphoric ester groups is 1. The Morgan fingerprint density at radius 3 is 1.50 bits per heavy atom. The van der Waals surface area contributed by atoms with Crippen LogP contribution in [-0.2, 0) is 32.7 Å². The van der Waals surface area contributed by atoms with Crippen LogP contribution in [0.25, 0.3) is 0 Å². The molecule has 10 heteroatoms. The van der Waals surface area contributed by atoms with Crippen molar-refractivity contribution in [2.45, 2.75) is 174 Å². The molecule has 0 aromatic carbocycles. The Labute approximate surface area is 355 Å². The van der Waals surface area contributed by atoms with E-state index in [2.05, 4.69) is 86.8 Å². The quantitative estimate of drug-likeness (QED) is 0.0197. The lowest BCUT2D eigenvalue weighted by Gasteiger charge is -2.28. The van der Waals surface area contributed by atoms with E-state index in [0.717, 1.165) is 77.0 Å². The topological polar surface area (TPSA) is 111 Å². The van der Waals surface area contributed by atoms with Crippen LogP contribution in [0.4, 0.5) is 0 Å². The van der Waals surface area contributed by atoms with Gasteiger partial charge in [-0.15, -0.1) is 0 Å². The van der Waals surface area contributed by atoms with Gasteiger partial charge in [-0.25, -0.2) is 0 Å². The van der Waals surface area contributed by atoms with Crippen molar-refractivity contribution < 1.29 is 42.1 Å². The van der Waals surface area contributed by atoms with Gasteiger partial charge in [0.15, 0.2) is 6.10 Å². The third-order valence-corrected chi connectivity index (χ3v) is 10.2. The Balaban J connectivity index is 4.42. The molecule has 2 atom stereocenters. The zero-order chi connectivity index (χ0) is 42.8. The zero-order valence-corrected chi connectivity index (χ0v) is 38.4. The molecule has 0 aliphatic heterocycles. The number of hydrogen-bond acceptors (Lipinski definition) is 8. The second kappa shape index (κ2) is 39.9. The Kier molecular flexibility index (Phi) is 38.1. The highest BCUT2D eigenvalue weighted by atomic mass is 31.2. The predicted octanol–water partition coefficient (Wildman–Crippen LogP) is 12.4. The molecule has 0 aromatic heterocycles. The summed E-state index contributed by atoms with van der Waals surface area (Å²) in [6, 6.07) is 0. The number of carbonyl (C=O) groups excluding carboxylic acids is 2. The number of carbonyl (C=O) groups is 2. The first kappa shape index (κ1) is 55.5. The normalized spacial score (nSPS) is 14.2. The summed E-state index contributed by atoms with van der Waals surface area (Å²) >= 11 is 0. The minimum absolute atomic E-state index is 0.0406. The fourth-order valence-corrected chi connectivity index (χ4v) is 6.40. The Hall–Kier alpha value is -2.55. The molecule has 0 amide bonds. The number of phosphoric acid groups is 1. The molecule has 0 saturated carbocycles. The smallest absolute Gasteiger partial charge is 0.306 e. The zero-order valence-electron chi connectivity index (χ0n) is 37.5. The predicted molar refractivity (Wildman–Crippen MR) is 240 cm³/mol. The van der Waals surface area contributed by atoms with Gasteiger partial charge in [0.1, 0.15) is 19.8 Å². The van der Waals surface area contributed by atoms with Gasteiger partial charge in [-0.1, -0.05) is 145 Å². The summed E-state index contributed by atoms with van der Waals surface area (Å²) in [7, 11) is 1.13. The van der Waals surface area contributed by atoms with Crippen LogP contribution in [0.1, 0.15) is 168 Å². The van der Waals surface area contributed by atoms with Gasteiger partial charge in [-0.05, 0) is 83.5 Å². The molecule has 1 unspecified atom stereocenters. The van der Waals surface area contributed by atoms with Gasteiger partial charge in [0.25, 0.3) is 7.82 Å². The molecule has 0 aliphatic carbocycles. The maximum atomic E-state index is 12.7. The SMILES string of the molecule is CC/C=C\C/C=C\C/C=C\C/C=C\C/C=C\CCCCCC(=O)OC[C@H](COP(=O)([O-])OCC[N+](C)(C)C)OC(=O)CCCCCCCCC/C=C\CCCCCC. The van der Waals surface area contributed by atoms with Gasteiger partial charge >= 0.3 is 11.9 Å². The number of nitrogens with zero attached hydrogens (tertiary/aromatic N) is 1. The lowest BCUT2D eigenvalue weighted by Crippen LogP contribution is -2.37. The molecule has 334 valence electrons. The van der Waals surface area contributed by atoms with Crippen molar-refractivity contribution in [3.63, 3.8) is 0 Å². The van der Waals surface area contributed by atoms with Crippen molar-refractivity contribution in [2.24, 2.45) is 0 Å². The van der Waals surface area contributed by atoms with Crippen LogP contribution in [0.3, 0.4) is 0 Å². The molecular weight excluding hydrogens is 750 g/mol. The van der Waals surface area contributed by atoms with Crippen LogP contribution >= 0.6 is 7.82 Å². The average molecular weight is 834 g/mol. The molecular formula is C48H84NO8P. The first-order chi connectivity index (χ1) is 28.0. The Morgan fingerprint density at radius 1 is 0.552 bits per heavy atom. The Bertz CT molecular complexity index is 1220. The van der Waals surface area contributed by atoms with Crippen molar-refractivity contribution in [2.75, 3.05) is 47.5 Å². The number of unbranched alkanes of at least 4 members (excludes halogenated alkanes) is 14. The van der Waals surface area contributed by atoms with Gasteiger partial charge in [0.2, 0.25) is 0 Å². The number of likely N-dealkylation sites (N-methyl/N-ethyl adjacent to an activating group) is 1. The van der Waals surface area contributed by atoms with Crippen LogP contribution in [-0.4, -0.2) is 70.0 Å².